The molecule has 0 N–H and O–H groups in total. The summed E-state index contributed by atoms with van der Waals surface area (Å²) in [7, 11) is 0. The minimum atomic E-state index is -0.882. The highest BCUT2D eigenvalue weighted by atomic mass is 16.6. The summed E-state index contributed by atoms with van der Waals surface area (Å²) in [6.45, 7) is 3.78. The fourth-order valence-electron chi connectivity index (χ4n) is 1.01. The van der Waals surface area contributed by atoms with Crippen molar-refractivity contribution in [1.82, 2.24) is 0 Å². The van der Waals surface area contributed by atoms with E-state index < -0.39 is 12.1 Å². The van der Waals surface area contributed by atoms with Crippen LogP contribution in [0, 0.1) is 29.0 Å². The Hall–Kier alpha value is -1.95. The van der Waals surface area contributed by atoms with Gasteiger partial charge in [0.2, 0.25) is 6.10 Å². The fraction of sp³-hybridized carbons (Fsp3) is 0.700. The molecule has 0 aliphatic rings. The van der Waals surface area contributed by atoms with E-state index >= 15 is 0 Å². The van der Waals surface area contributed by atoms with E-state index in [9.17, 15) is 4.79 Å². The highest BCUT2D eigenvalue weighted by molar-refractivity contribution is 5.74. The van der Waals surface area contributed by atoms with Crippen molar-refractivity contribution in [3.8, 4) is 12.5 Å². The highest BCUT2D eigenvalue weighted by Gasteiger charge is 2.22. The van der Waals surface area contributed by atoms with Gasteiger partial charge in [0.1, 0.15) is 13.2 Å². The number of hydrogen-bond acceptors (Lipinski definition) is 6. The summed E-state index contributed by atoms with van der Waals surface area (Å²) in [6.07, 6.45) is 2.45. The van der Waals surface area contributed by atoms with E-state index in [1.807, 2.05) is 13.8 Å². The second-order valence-corrected chi connectivity index (χ2v) is 3.43. The molecule has 0 saturated carbocycles. The number of hydrogen-bond donors (Lipinski definition) is 0. The first-order chi connectivity index (χ1) is 7.61. The van der Waals surface area contributed by atoms with Gasteiger partial charge in [-0.05, 0) is 12.3 Å². The van der Waals surface area contributed by atoms with Crippen LogP contribution in [0.1, 0.15) is 20.3 Å². The lowest BCUT2D eigenvalue weighted by atomic mass is 10.1. The predicted molar refractivity (Wildman–Crippen MR) is 52.5 cm³/mol. The average molecular weight is 226 g/mol. The molecule has 1 unspecified atom stereocenters. The van der Waals surface area contributed by atoms with Crippen LogP contribution in [-0.2, 0) is 19.0 Å². The summed E-state index contributed by atoms with van der Waals surface area (Å²) in [5.74, 6) is -0.405. The van der Waals surface area contributed by atoms with Crippen molar-refractivity contribution in [1.29, 1.82) is 10.5 Å². The summed E-state index contributed by atoms with van der Waals surface area (Å²) in [4.78, 5) is 11.4. The van der Waals surface area contributed by atoms with Crippen LogP contribution in [0.3, 0.4) is 0 Å². The second-order valence-electron chi connectivity index (χ2n) is 3.43. The van der Waals surface area contributed by atoms with Crippen molar-refractivity contribution in [2.45, 2.75) is 26.4 Å². The Kier molecular flexibility index (Phi) is 7.35. The summed E-state index contributed by atoms with van der Waals surface area (Å²) >= 11 is 0. The lowest BCUT2D eigenvalue weighted by Crippen LogP contribution is -2.27. The van der Waals surface area contributed by atoms with E-state index in [0.717, 1.165) is 0 Å². The summed E-state index contributed by atoms with van der Waals surface area (Å²) in [6, 6.07) is 0. The molecular weight excluding hydrogens is 212 g/mol. The van der Waals surface area contributed by atoms with Gasteiger partial charge in [-0.25, -0.2) is 4.79 Å². The first-order valence-electron chi connectivity index (χ1n) is 4.84. The van der Waals surface area contributed by atoms with Gasteiger partial charge in [0.25, 0.3) is 12.5 Å². The van der Waals surface area contributed by atoms with Gasteiger partial charge in [0, 0.05) is 0 Å². The summed E-state index contributed by atoms with van der Waals surface area (Å²) in [5, 5.41) is 16.4. The van der Waals surface area contributed by atoms with Gasteiger partial charge in [0.05, 0.1) is 0 Å². The van der Waals surface area contributed by atoms with Gasteiger partial charge >= 0.3 is 5.97 Å². The van der Waals surface area contributed by atoms with Crippen LogP contribution < -0.4 is 0 Å². The molecule has 0 spiro atoms. The van der Waals surface area contributed by atoms with Gasteiger partial charge in [-0.1, -0.05) is 13.8 Å². The molecule has 0 fully saturated rings. The smallest absolute Gasteiger partial charge is 0.348 e. The molecule has 6 heteroatoms. The molecule has 1 atom stereocenters. The number of carbonyl (C=O) groups is 1. The zero-order valence-electron chi connectivity index (χ0n) is 9.30. The Balaban J connectivity index is 3.98. The molecule has 0 aromatic carbocycles. The molecule has 0 saturated heterocycles. The maximum absolute atomic E-state index is 11.4. The summed E-state index contributed by atoms with van der Waals surface area (Å²) < 4.78 is 13.7. The molecule has 0 rings (SSSR count). The van der Waals surface area contributed by atoms with Crippen LogP contribution in [0.5, 0.6) is 0 Å². The zero-order chi connectivity index (χ0) is 12.4. The quantitative estimate of drug-likeness (QED) is 0.364. The Morgan fingerprint density at radius 3 is 2.44 bits per heavy atom. The van der Waals surface area contributed by atoms with Gasteiger partial charge in [-0.2, -0.15) is 10.5 Å². The van der Waals surface area contributed by atoms with Crippen molar-refractivity contribution >= 4 is 5.97 Å². The van der Waals surface area contributed by atoms with Crippen molar-refractivity contribution in [2.75, 3.05) is 13.2 Å². The predicted octanol–water partition coefficient (Wildman–Crippen LogP) is 0.940. The molecule has 0 aliphatic carbocycles. The number of carbonyl (C=O) groups excluding carboxylic acids is 1. The van der Waals surface area contributed by atoms with Crippen LogP contribution in [0.15, 0.2) is 0 Å². The molecule has 0 aromatic heterocycles. The fourth-order valence-corrected chi connectivity index (χ4v) is 1.01. The second kappa shape index (κ2) is 8.37. The molecule has 6 nitrogen and oxygen atoms in total. The van der Waals surface area contributed by atoms with Crippen molar-refractivity contribution < 1.29 is 19.0 Å². The van der Waals surface area contributed by atoms with Gasteiger partial charge in [-0.3, -0.25) is 0 Å². The average Bonchev–Trinajstić information content (AvgIpc) is 2.23. The highest BCUT2D eigenvalue weighted by Crippen LogP contribution is 2.09. The first kappa shape index (κ1) is 14.1. The Morgan fingerprint density at radius 2 is 1.94 bits per heavy atom. The van der Waals surface area contributed by atoms with Crippen LogP contribution in [0.25, 0.3) is 0 Å². The molecule has 0 amide bonds. The van der Waals surface area contributed by atoms with Crippen molar-refractivity contribution in [3.63, 3.8) is 0 Å². The summed E-state index contributed by atoms with van der Waals surface area (Å²) in [5.41, 5.74) is 0. The number of nitrogens with zero attached hydrogens (tertiary/aromatic N) is 2. The van der Waals surface area contributed by atoms with E-state index in [2.05, 4.69) is 9.47 Å². The molecule has 88 valence electrons. The SMILES string of the molecule is CC(C)CC(OC#N)C(=O)OCCOC#N. The van der Waals surface area contributed by atoms with Crippen LogP contribution in [0.4, 0.5) is 0 Å². The maximum Gasteiger partial charge on any atom is 0.348 e. The van der Waals surface area contributed by atoms with E-state index in [1.54, 1.807) is 0 Å². The van der Waals surface area contributed by atoms with E-state index in [-0.39, 0.29) is 19.1 Å². The molecule has 16 heavy (non-hydrogen) atoms. The monoisotopic (exact) mass is 226 g/mol. The standard InChI is InChI=1S/C10H14N2O4/c1-8(2)5-9(16-7-12)10(13)15-4-3-14-6-11/h8-9H,3-5H2,1-2H3. The number of nitriles is 2. The number of ether oxygens (including phenoxy) is 3. The van der Waals surface area contributed by atoms with Crippen LogP contribution in [-0.4, -0.2) is 25.3 Å². The van der Waals surface area contributed by atoms with E-state index in [0.29, 0.717) is 6.42 Å². The minimum absolute atomic E-state index is 0.00317. The Morgan fingerprint density at radius 1 is 1.25 bits per heavy atom. The topological polar surface area (TPSA) is 92.3 Å². The van der Waals surface area contributed by atoms with E-state index in [4.69, 9.17) is 15.3 Å². The lowest BCUT2D eigenvalue weighted by Gasteiger charge is -2.14. The van der Waals surface area contributed by atoms with Gasteiger partial charge in [0.15, 0.2) is 0 Å². The van der Waals surface area contributed by atoms with E-state index in [1.165, 1.54) is 12.5 Å². The molecule has 0 bridgehead atoms. The van der Waals surface area contributed by atoms with Crippen molar-refractivity contribution in [3.05, 3.63) is 0 Å². The molecule has 0 radical (unpaired) electrons. The number of esters is 1. The zero-order valence-corrected chi connectivity index (χ0v) is 9.30. The Labute approximate surface area is 94.3 Å². The minimum Gasteiger partial charge on any atom is -0.459 e. The molecular formula is C10H14N2O4. The van der Waals surface area contributed by atoms with Crippen molar-refractivity contribution in [2.24, 2.45) is 5.92 Å². The molecule has 0 aromatic rings. The largest absolute Gasteiger partial charge is 0.459 e. The van der Waals surface area contributed by atoms with Crippen LogP contribution >= 0.6 is 0 Å². The van der Waals surface area contributed by atoms with Gasteiger partial charge in [-0.15, -0.1) is 0 Å². The first-order valence-corrected chi connectivity index (χ1v) is 4.84. The lowest BCUT2D eigenvalue weighted by molar-refractivity contribution is -0.155. The third kappa shape index (κ3) is 6.50. The number of rotatable bonds is 7. The molecule has 0 heterocycles. The molecule has 0 aliphatic heterocycles. The maximum atomic E-state index is 11.4. The van der Waals surface area contributed by atoms with Crippen LogP contribution in [0.2, 0.25) is 0 Å². The Bertz CT molecular complexity index is 290. The normalized spacial score (nSPS) is 11.1. The van der Waals surface area contributed by atoms with Gasteiger partial charge < -0.3 is 14.2 Å². The third-order valence-electron chi connectivity index (χ3n) is 1.64. The third-order valence-corrected chi connectivity index (χ3v) is 1.64.